The Labute approximate surface area is 196 Å². The van der Waals surface area contributed by atoms with E-state index < -0.39 is 5.54 Å². The monoisotopic (exact) mass is 463 g/mol. The molecule has 1 unspecified atom stereocenters. The van der Waals surface area contributed by atoms with E-state index in [9.17, 15) is 9.59 Å². The summed E-state index contributed by atoms with van der Waals surface area (Å²) in [6.45, 7) is 0.668. The Kier molecular flexibility index (Phi) is 6.00. The molecule has 2 N–H and O–H groups in total. The molecule has 0 aliphatic carbocycles. The second kappa shape index (κ2) is 9.23. The number of carbonyl (C=O) groups is 2. The van der Waals surface area contributed by atoms with Crippen LogP contribution in [0.4, 0.5) is 0 Å². The highest BCUT2D eigenvalue weighted by Gasteiger charge is 2.38. The van der Waals surface area contributed by atoms with E-state index >= 15 is 0 Å². The maximum atomic E-state index is 12.7. The number of benzene rings is 2. The van der Waals surface area contributed by atoms with Crippen molar-refractivity contribution in [2.75, 3.05) is 6.79 Å². The second-order valence-corrected chi connectivity index (χ2v) is 9.40. The van der Waals surface area contributed by atoms with Gasteiger partial charge in [-0.1, -0.05) is 36.4 Å². The summed E-state index contributed by atoms with van der Waals surface area (Å²) < 4.78 is 10.9. The second-order valence-electron chi connectivity index (χ2n) is 8.46. The molecule has 1 atom stereocenters. The molecule has 0 spiro atoms. The Morgan fingerprint density at radius 1 is 1.15 bits per heavy atom. The van der Waals surface area contributed by atoms with Crippen LogP contribution in [0.3, 0.4) is 0 Å². The molecule has 5 rings (SSSR count). The van der Waals surface area contributed by atoms with Crippen LogP contribution in [-0.2, 0) is 22.6 Å². The topological polar surface area (TPSA) is 89.5 Å². The fraction of sp³-hybridized carbons (Fsp3) is 0.320. The number of hydrogen-bond acceptors (Lipinski definition) is 6. The Morgan fingerprint density at radius 3 is 2.82 bits per heavy atom. The first kappa shape index (κ1) is 21.5. The van der Waals surface area contributed by atoms with Crippen LogP contribution in [0.2, 0.25) is 0 Å². The minimum Gasteiger partial charge on any atom is -0.454 e. The van der Waals surface area contributed by atoms with Crippen molar-refractivity contribution >= 4 is 23.2 Å². The number of ether oxygens (including phenoxy) is 2. The number of fused-ring (bicyclic) bond motifs is 1. The smallest absolute Gasteiger partial charge is 0.231 e. The number of nitrogens with zero attached hydrogens (tertiary/aromatic N) is 1. The SMILES string of the molecule is O=C(CCC1(Cc2ccc3c(c2)OCO3)CCC(=O)N1)NCc1scnc1-c1ccccc1. The molecule has 0 saturated carbocycles. The van der Waals surface area contributed by atoms with Crippen LogP contribution in [0.5, 0.6) is 11.5 Å². The summed E-state index contributed by atoms with van der Waals surface area (Å²) >= 11 is 1.54. The van der Waals surface area contributed by atoms with Gasteiger partial charge in [0.25, 0.3) is 0 Å². The van der Waals surface area contributed by atoms with Gasteiger partial charge in [0, 0.05) is 23.9 Å². The first-order valence-electron chi connectivity index (χ1n) is 11.0. The molecule has 1 aromatic heterocycles. The maximum Gasteiger partial charge on any atom is 0.231 e. The molecule has 3 aromatic rings. The van der Waals surface area contributed by atoms with E-state index in [1.807, 2.05) is 48.5 Å². The van der Waals surface area contributed by atoms with Crippen LogP contribution in [0.15, 0.2) is 54.0 Å². The van der Waals surface area contributed by atoms with Gasteiger partial charge in [-0.3, -0.25) is 9.59 Å². The highest BCUT2D eigenvalue weighted by Crippen LogP contribution is 2.36. The molecule has 0 bridgehead atoms. The molecule has 2 amide bonds. The van der Waals surface area contributed by atoms with Gasteiger partial charge in [0.1, 0.15) is 0 Å². The van der Waals surface area contributed by atoms with Crippen molar-refractivity contribution < 1.29 is 19.1 Å². The molecule has 1 saturated heterocycles. The van der Waals surface area contributed by atoms with Crippen molar-refractivity contribution in [3.63, 3.8) is 0 Å². The average Bonchev–Trinajstić information content (AvgIpc) is 3.57. The predicted octanol–water partition coefficient (Wildman–Crippen LogP) is 3.83. The highest BCUT2D eigenvalue weighted by molar-refractivity contribution is 7.10. The quantitative estimate of drug-likeness (QED) is 0.530. The minimum absolute atomic E-state index is 0.0337. The van der Waals surface area contributed by atoms with Crippen molar-refractivity contribution in [2.24, 2.45) is 0 Å². The molecule has 2 aliphatic rings. The van der Waals surface area contributed by atoms with Crippen LogP contribution in [0.25, 0.3) is 11.3 Å². The van der Waals surface area contributed by atoms with E-state index in [1.165, 1.54) is 11.3 Å². The summed E-state index contributed by atoms with van der Waals surface area (Å²) in [6.07, 6.45) is 2.75. The van der Waals surface area contributed by atoms with Gasteiger partial charge in [0.05, 0.1) is 22.6 Å². The summed E-state index contributed by atoms with van der Waals surface area (Å²) in [6, 6.07) is 15.8. The zero-order chi connectivity index (χ0) is 22.7. The molecule has 170 valence electrons. The van der Waals surface area contributed by atoms with E-state index in [0.717, 1.165) is 33.2 Å². The first-order chi connectivity index (χ1) is 16.1. The molecule has 3 heterocycles. The van der Waals surface area contributed by atoms with Gasteiger partial charge in [-0.2, -0.15) is 0 Å². The van der Waals surface area contributed by atoms with E-state index in [0.29, 0.717) is 38.6 Å². The molecule has 0 radical (unpaired) electrons. The normalized spacial score (nSPS) is 18.8. The van der Waals surface area contributed by atoms with Crippen molar-refractivity contribution in [3.8, 4) is 22.8 Å². The van der Waals surface area contributed by atoms with Gasteiger partial charge in [-0.15, -0.1) is 11.3 Å². The average molecular weight is 464 g/mol. The number of amides is 2. The van der Waals surface area contributed by atoms with Gasteiger partial charge < -0.3 is 20.1 Å². The van der Waals surface area contributed by atoms with Crippen LogP contribution in [0, 0.1) is 0 Å². The largest absolute Gasteiger partial charge is 0.454 e. The van der Waals surface area contributed by atoms with E-state index in [1.54, 1.807) is 5.51 Å². The number of aromatic nitrogens is 1. The summed E-state index contributed by atoms with van der Waals surface area (Å²) in [7, 11) is 0. The molecule has 2 aromatic carbocycles. The fourth-order valence-electron chi connectivity index (χ4n) is 4.47. The summed E-state index contributed by atoms with van der Waals surface area (Å²) in [5.74, 6) is 1.46. The molecule has 1 fully saturated rings. The standard InChI is InChI=1S/C25H25N3O4S/c29-22(26-14-21-24(27-15-33-21)18-4-2-1-3-5-18)8-10-25(11-9-23(30)28-25)13-17-6-7-19-20(12-17)32-16-31-19/h1-7,12,15H,8-11,13-14,16H2,(H,26,29)(H,28,30). The van der Waals surface area contributed by atoms with E-state index in [2.05, 4.69) is 15.6 Å². The van der Waals surface area contributed by atoms with Gasteiger partial charge >= 0.3 is 0 Å². The minimum atomic E-state index is -0.429. The van der Waals surface area contributed by atoms with Crippen LogP contribution in [-0.4, -0.2) is 29.1 Å². The highest BCUT2D eigenvalue weighted by atomic mass is 32.1. The van der Waals surface area contributed by atoms with Gasteiger partial charge in [0.15, 0.2) is 11.5 Å². The maximum absolute atomic E-state index is 12.7. The lowest BCUT2D eigenvalue weighted by molar-refractivity contribution is -0.122. The third-order valence-corrected chi connectivity index (χ3v) is 7.01. The van der Waals surface area contributed by atoms with Crippen molar-refractivity contribution in [1.82, 2.24) is 15.6 Å². The third-order valence-electron chi connectivity index (χ3n) is 6.18. The van der Waals surface area contributed by atoms with Crippen molar-refractivity contribution in [2.45, 2.75) is 44.2 Å². The predicted molar refractivity (Wildman–Crippen MR) is 125 cm³/mol. The number of rotatable bonds is 8. The summed E-state index contributed by atoms with van der Waals surface area (Å²) in [4.78, 5) is 30.3. The lowest BCUT2D eigenvalue weighted by Crippen LogP contribution is -2.44. The zero-order valence-corrected chi connectivity index (χ0v) is 19.0. The zero-order valence-electron chi connectivity index (χ0n) is 18.1. The molecular formula is C25H25N3O4S. The van der Waals surface area contributed by atoms with Crippen molar-refractivity contribution in [1.29, 1.82) is 0 Å². The molecule has 7 nitrogen and oxygen atoms in total. The number of hydrogen-bond donors (Lipinski definition) is 2. The Bertz CT molecular complexity index is 1160. The van der Waals surface area contributed by atoms with E-state index in [-0.39, 0.29) is 18.6 Å². The molecule has 2 aliphatic heterocycles. The van der Waals surface area contributed by atoms with Gasteiger partial charge in [-0.05, 0) is 37.0 Å². The third kappa shape index (κ3) is 4.85. The lowest BCUT2D eigenvalue weighted by Gasteiger charge is -2.29. The molecule has 33 heavy (non-hydrogen) atoms. The Balaban J connectivity index is 1.20. The lowest BCUT2D eigenvalue weighted by atomic mass is 9.85. The summed E-state index contributed by atoms with van der Waals surface area (Å²) in [5, 5.41) is 6.17. The number of nitrogens with one attached hydrogen (secondary N) is 2. The van der Waals surface area contributed by atoms with Crippen molar-refractivity contribution in [3.05, 3.63) is 64.5 Å². The van der Waals surface area contributed by atoms with E-state index in [4.69, 9.17) is 9.47 Å². The molecule has 8 heteroatoms. The van der Waals surface area contributed by atoms with Crippen LogP contribution in [0.1, 0.15) is 36.1 Å². The fourth-order valence-corrected chi connectivity index (χ4v) is 5.19. The Hall–Kier alpha value is -3.39. The summed E-state index contributed by atoms with van der Waals surface area (Å²) in [5.41, 5.74) is 4.38. The number of thiazole rings is 1. The molecular weight excluding hydrogens is 438 g/mol. The first-order valence-corrected chi connectivity index (χ1v) is 11.9. The Morgan fingerprint density at radius 2 is 2.00 bits per heavy atom. The van der Waals surface area contributed by atoms with Crippen LogP contribution >= 0.6 is 11.3 Å². The van der Waals surface area contributed by atoms with Gasteiger partial charge in [-0.25, -0.2) is 4.98 Å². The number of carbonyl (C=O) groups excluding carboxylic acids is 2. The van der Waals surface area contributed by atoms with Gasteiger partial charge in [0.2, 0.25) is 18.6 Å². The van der Waals surface area contributed by atoms with Crippen LogP contribution < -0.4 is 20.1 Å².